The van der Waals surface area contributed by atoms with Crippen LogP contribution in [0, 0.1) is 24.0 Å². The zero-order valence-corrected chi connectivity index (χ0v) is 12.8. The maximum Gasteiger partial charge on any atom is 0.312 e. The molecule has 6 nitrogen and oxygen atoms in total. The van der Waals surface area contributed by atoms with Crippen molar-refractivity contribution in [2.24, 2.45) is 0 Å². The SMILES string of the molecule is CSc1ccc(C(=O)Cn2nc(C)c([N+](=O)[O-])c2C)cc1. The number of ketones is 1. The van der Waals surface area contributed by atoms with Crippen LogP contribution < -0.4 is 0 Å². The fraction of sp³-hybridized carbons (Fsp3) is 0.286. The third kappa shape index (κ3) is 3.13. The molecule has 0 N–H and O–H groups in total. The van der Waals surface area contributed by atoms with Crippen molar-refractivity contribution < 1.29 is 9.72 Å². The van der Waals surface area contributed by atoms with Gasteiger partial charge in [-0.25, -0.2) is 0 Å². The molecule has 2 rings (SSSR count). The van der Waals surface area contributed by atoms with Gasteiger partial charge < -0.3 is 0 Å². The molecule has 0 spiro atoms. The molecule has 0 radical (unpaired) electrons. The summed E-state index contributed by atoms with van der Waals surface area (Å²) in [6, 6.07) is 7.27. The first-order valence-electron chi connectivity index (χ1n) is 6.29. The van der Waals surface area contributed by atoms with Crippen LogP contribution in [0.3, 0.4) is 0 Å². The second-order valence-corrected chi connectivity index (χ2v) is 5.47. The molecule has 0 amide bonds. The quantitative estimate of drug-likeness (QED) is 0.367. The van der Waals surface area contributed by atoms with E-state index in [1.165, 1.54) is 4.68 Å². The van der Waals surface area contributed by atoms with Gasteiger partial charge in [0.2, 0.25) is 0 Å². The fourth-order valence-electron chi connectivity index (χ4n) is 2.11. The Bertz CT molecular complexity index is 692. The minimum Gasteiger partial charge on any atom is -0.292 e. The molecule has 1 aromatic heterocycles. The number of hydrogen-bond donors (Lipinski definition) is 0. The van der Waals surface area contributed by atoms with Gasteiger partial charge in [0.05, 0.1) is 4.92 Å². The number of aromatic nitrogens is 2. The van der Waals surface area contributed by atoms with Gasteiger partial charge in [-0.15, -0.1) is 11.8 Å². The van der Waals surface area contributed by atoms with E-state index < -0.39 is 4.92 Å². The topological polar surface area (TPSA) is 78.0 Å². The van der Waals surface area contributed by atoms with E-state index in [0.717, 1.165) is 4.90 Å². The van der Waals surface area contributed by atoms with Gasteiger partial charge in [0.25, 0.3) is 0 Å². The Morgan fingerprint density at radius 3 is 2.43 bits per heavy atom. The highest BCUT2D eigenvalue weighted by molar-refractivity contribution is 7.98. The number of thioether (sulfide) groups is 1. The van der Waals surface area contributed by atoms with Crippen LogP contribution in [0.4, 0.5) is 5.69 Å². The predicted molar refractivity (Wildman–Crippen MR) is 80.9 cm³/mol. The highest BCUT2D eigenvalue weighted by Gasteiger charge is 2.22. The van der Waals surface area contributed by atoms with Gasteiger partial charge in [0.15, 0.2) is 5.78 Å². The van der Waals surface area contributed by atoms with Gasteiger partial charge in [0, 0.05) is 10.5 Å². The maximum absolute atomic E-state index is 12.2. The van der Waals surface area contributed by atoms with Crippen LogP contribution in [-0.4, -0.2) is 26.7 Å². The van der Waals surface area contributed by atoms with E-state index in [9.17, 15) is 14.9 Å². The lowest BCUT2D eigenvalue weighted by Crippen LogP contribution is -2.13. The summed E-state index contributed by atoms with van der Waals surface area (Å²) in [5, 5.41) is 15.0. The van der Waals surface area contributed by atoms with Crippen molar-refractivity contribution in [3.05, 3.63) is 51.3 Å². The summed E-state index contributed by atoms with van der Waals surface area (Å²) in [5.41, 5.74) is 1.26. The summed E-state index contributed by atoms with van der Waals surface area (Å²) in [6.07, 6.45) is 1.96. The average molecular weight is 305 g/mol. The van der Waals surface area contributed by atoms with Crippen molar-refractivity contribution in [2.75, 3.05) is 6.26 Å². The molecule has 0 aliphatic heterocycles. The summed E-state index contributed by atoms with van der Waals surface area (Å²) >= 11 is 1.60. The smallest absolute Gasteiger partial charge is 0.292 e. The third-order valence-electron chi connectivity index (χ3n) is 3.23. The van der Waals surface area contributed by atoms with Crippen LogP contribution in [0.15, 0.2) is 29.2 Å². The Labute approximate surface area is 126 Å². The first-order chi connectivity index (χ1) is 9.93. The Balaban J connectivity index is 2.23. The van der Waals surface area contributed by atoms with Gasteiger partial charge in [-0.3, -0.25) is 19.6 Å². The van der Waals surface area contributed by atoms with Crippen LogP contribution in [0.25, 0.3) is 0 Å². The molecule has 0 saturated carbocycles. The molecule has 7 heteroatoms. The number of nitro groups is 1. The zero-order valence-electron chi connectivity index (χ0n) is 12.0. The van der Waals surface area contributed by atoms with Crippen LogP contribution in [0.2, 0.25) is 0 Å². The highest BCUT2D eigenvalue weighted by atomic mass is 32.2. The van der Waals surface area contributed by atoms with Crippen LogP contribution in [0.1, 0.15) is 21.7 Å². The lowest BCUT2D eigenvalue weighted by Gasteiger charge is -2.04. The van der Waals surface area contributed by atoms with Gasteiger partial charge in [-0.05, 0) is 32.2 Å². The number of aryl methyl sites for hydroxylation is 1. The van der Waals surface area contributed by atoms with E-state index in [4.69, 9.17) is 0 Å². The molecule has 2 aromatic rings. The Morgan fingerprint density at radius 1 is 1.33 bits per heavy atom. The Hall–Kier alpha value is -2.15. The van der Waals surface area contributed by atoms with E-state index in [-0.39, 0.29) is 18.0 Å². The second kappa shape index (κ2) is 6.09. The number of nitrogens with zero attached hydrogens (tertiary/aromatic N) is 3. The van der Waals surface area contributed by atoms with E-state index in [1.807, 2.05) is 18.4 Å². The molecule has 0 aliphatic carbocycles. The normalized spacial score (nSPS) is 10.6. The molecule has 0 atom stereocenters. The van der Waals surface area contributed by atoms with Gasteiger partial charge in [0.1, 0.15) is 17.9 Å². The van der Waals surface area contributed by atoms with Crippen LogP contribution >= 0.6 is 11.8 Å². The van der Waals surface area contributed by atoms with Crippen molar-refractivity contribution in [3.8, 4) is 0 Å². The second-order valence-electron chi connectivity index (χ2n) is 4.59. The molecule has 0 saturated heterocycles. The molecule has 110 valence electrons. The van der Waals surface area contributed by atoms with Gasteiger partial charge in [-0.1, -0.05) is 12.1 Å². The minimum atomic E-state index is -0.466. The van der Waals surface area contributed by atoms with Gasteiger partial charge >= 0.3 is 5.69 Å². The molecule has 0 aliphatic rings. The molecular formula is C14H15N3O3S. The van der Waals surface area contributed by atoms with Crippen LogP contribution in [0.5, 0.6) is 0 Å². The first kappa shape index (κ1) is 15.2. The van der Waals surface area contributed by atoms with Crippen molar-refractivity contribution in [2.45, 2.75) is 25.3 Å². The standard InChI is InChI=1S/C14H15N3O3S/c1-9-14(17(19)20)10(2)16(15-9)8-13(18)11-4-6-12(21-3)7-5-11/h4-7H,8H2,1-3H3. The predicted octanol–water partition coefficient (Wildman–Crippen LogP) is 3.01. The summed E-state index contributed by atoms with van der Waals surface area (Å²) in [7, 11) is 0. The molecular weight excluding hydrogens is 290 g/mol. The summed E-state index contributed by atoms with van der Waals surface area (Å²) in [6.45, 7) is 3.17. The molecule has 0 unspecified atom stereocenters. The zero-order chi connectivity index (χ0) is 15.6. The van der Waals surface area contributed by atoms with Gasteiger partial charge in [-0.2, -0.15) is 5.10 Å². The number of benzene rings is 1. The van der Waals surface area contributed by atoms with Crippen molar-refractivity contribution in [3.63, 3.8) is 0 Å². The Morgan fingerprint density at radius 2 is 1.95 bits per heavy atom. The van der Waals surface area contributed by atoms with Crippen molar-refractivity contribution >= 4 is 23.2 Å². The van der Waals surface area contributed by atoms with Crippen molar-refractivity contribution in [1.82, 2.24) is 9.78 Å². The van der Waals surface area contributed by atoms with Crippen LogP contribution in [-0.2, 0) is 6.54 Å². The molecule has 0 bridgehead atoms. The summed E-state index contributed by atoms with van der Waals surface area (Å²) in [5.74, 6) is -0.122. The van der Waals surface area contributed by atoms with E-state index in [1.54, 1.807) is 37.7 Å². The molecule has 0 fully saturated rings. The number of carbonyl (C=O) groups excluding carboxylic acids is 1. The van der Waals surface area contributed by atoms with E-state index in [2.05, 4.69) is 5.10 Å². The summed E-state index contributed by atoms with van der Waals surface area (Å²) < 4.78 is 1.39. The highest BCUT2D eigenvalue weighted by Crippen LogP contribution is 2.22. The number of Topliss-reactive ketones (excluding diaryl/α,β-unsaturated/α-hetero) is 1. The number of carbonyl (C=O) groups is 1. The minimum absolute atomic E-state index is 0.000865. The molecule has 1 heterocycles. The fourth-order valence-corrected chi connectivity index (χ4v) is 2.52. The average Bonchev–Trinajstić information content (AvgIpc) is 2.73. The number of rotatable bonds is 5. The molecule has 21 heavy (non-hydrogen) atoms. The Kier molecular flexibility index (Phi) is 4.42. The lowest BCUT2D eigenvalue weighted by molar-refractivity contribution is -0.386. The monoisotopic (exact) mass is 305 g/mol. The molecule has 1 aromatic carbocycles. The van der Waals surface area contributed by atoms with Crippen molar-refractivity contribution in [1.29, 1.82) is 0 Å². The lowest BCUT2D eigenvalue weighted by atomic mass is 10.1. The number of hydrogen-bond acceptors (Lipinski definition) is 5. The summed E-state index contributed by atoms with van der Waals surface area (Å²) in [4.78, 5) is 23.8. The largest absolute Gasteiger partial charge is 0.312 e. The first-order valence-corrected chi connectivity index (χ1v) is 7.52. The van der Waals surface area contributed by atoms with E-state index in [0.29, 0.717) is 17.0 Å². The maximum atomic E-state index is 12.2. The van der Waals surface area contributed by atoms with E-state index >= 15 is 0 Å². The third-order valence-corrected chi connectivity index (χ3v) is 3.97.